The number of aliphatic imine (C=N–C) groups is 1. The molecule has 0 fully saturated rings. The van der Waals surface area contributed by atoms with Crippen LogP contribution < -0.4 is 5.32 Å². The number of carbonyl (C=O) groups is 1. The number of aryl methyl sites for hydroxylation is 1. The first kappa shape index (κ1) is 13.5. The summed E-state index contributed by atoms with van der Waals surface area (Å²) >= 11 is 0. The molecule has 1 aromatic heterocycles. The van der Waals surface area contributed by atoms with Gasteiger partial charge in [0.2, 0.25) is 0 Å². The van der Waals surface area contributed by atoms with Crippen LogP contribution in [-0.4, -0.2) is 48.3 Å². The van der Waals surface area contributed by atoms with Gasteiger partial charge in [-0.1, -0.05) is 6.92 Å². The second-order valence-corrected chi connectivity index (χ2v) is 4.56. The third-order valence-corrected chi connectivity index (χ3v) is 3.12. The Hall–Kier alpha value is -1.91. The van der Waals surface area contributed by atoms with Gasteiger partial charge in [0.25, 0.3) is 5.91 Å². The molecule has 1 amide bonds. The van der Waals surface area contributed by atoms with Crippen molar-refractivity contribution in [2.75, 3.05) is 26.2 Å². The maximum Gasteiger partial charge on any atom is 0.252 e. The maximum atomic E-state index is 11.8. The number of hydrogen-bond donors (Lipinski definition) is 1. The molecule has 2 heterocycles. The Morgan fingerprint density at radius 1 is 1.47 bits per heavy atom. The number of amides is 1. The molecule has 0 atom stereocenters. The maximum absolute atomic E-state index is 11.8. The van der Waals surface area contributed by atoms with Gasteiger partial charge in [0, 0.05) is 31.5 Å². The van der Waals surface area contributed by atoms with Crippen molar-refractivity contribution < 1.29 is 4.79 Å². The van der Waals surface area contributed by atoms with Crippen LogP contribution >= 0.6 is 0 Å². The lowest BCUT2D eigenvalue weighted by atomic mass is 10.2. The first-order valence-corrected chi connectivity index (χ1v) is 6.76. The van der Waals surface area contributed by atoms with Crippen molar-refractivity contribution >= 4 is 12.2 Å². The molecule has 0 radical (unpaired) electrons. The molecule has 0 saturated carbocycles. The van der Waals surface area contributed by atoms with Crippen LogP contribution in [0, 0.1) is 0 Å². The van der Waals surface area contributed by atoms with Gasteiger partial charge in [-0.2, -0.15) is 0 Å². The van der Waals surface area contributed by atoms with Crippen LogP contribution in [0.5, 0.6) is 0 Å². The minimum Gasteiger partial charge on any atom is -0.361 e. The molecule has 1 N–H and O–H groups in total. The van der Waals surface area contributed by atoms with Gasteiger partial charge >= 0.3 is 0 Å². The second kappa shape index (κ2) is 6.87. The molecule has 0 saturated heterocycles. The summed E-state index contributed by atoms with van der Waals surface area (Å²) in [6.45, 7) is 5.55. The highest BCUT2D eigenvalue weighted by atomic mass is 16.1. The van der Waals surface area contributed by atoms with Crippen LogP contribution in [0.15, 0.2) is 23.3 Å². The van der Waals surface area contributed by atoms with Crippen LogP contribution in [0.4, 0.5) is 0 Å². The van der Waals surface area contributed by atoms with Gasteiger partial charge in [-0.05, 0) is 25.0 Å². The Morgan fingerprint density at radius 3 is 3.00 bits per heavy atom. The third kappa shape index (κ3) is 4.05. The van der Waals surface area contributed by atoms with Crippen molar-refractivity contribution in [2.45, 2.75) is 19.8 Å². The lowest BCUT2D eigenvalue weighted by Crippen LogP contribution is -2.28. The number of nitrogens with one attached hydrogen (secondary N) is 1. The first-order chi connectivity index (χ1) is 9.29. The lowest BCUT2D eigenvalue weighted by Gasteiger charge is -2.13. The molecule has 1 aromatic rings. The van der Waals surface area contributed by atoms with E-state index in [-0.39, 0.29) is 5.91 Å². The van der Waals surface area contributed by atoms with E-state index in [2.05, 4.69) is 20.2 Å². The van der Waals surface area contributed by atoms with E-state index in [1.807, 2.05) is 25.4 Å². The summed E-state index contributed by atoms with van der Waals surface area (Å²) in [5, 5.41) is 2.91. The molecule has 1 aliphatic rings. The number of carbonyl (C=O) groups excluding carboxylic acids is 1. The molecular formula is C14H20N4O. The molecule has 0 bridgehead atoms. The zero-order chi connectivity index (χ0) is 13.5. The van der Waals surface area contributed by atoms with E-state index in [4.69, 9.17) is 0 Å². The summed E-state index contributed by atoms with van der Waals surface area (Å²) in [4.78, 5) is 22.4. The quantitative estimate of drug-likeness (QED) is 0.779. The molecule has 0 aliphatic carbocycles. The zero-order valence-electron chi connectivity index (χ0n) is 11.3. The van der Waals surface area contributed by atoms with Gasteiger partial charge in [0.1, 0.15) is 0 Å². The third-order valence-electron chi connectivity index (χ3n) is 3.12. The molecular weight excluding hydrogens is 240 g/mol. The van der Waals surface area contributed by atoms with Crippen LogP contribution in [0.25, 0.3) is 0 Å². The van der Waals surface area contributed by atoms with E-state index >= 15 is 0 Å². The van der Waals surface area contributed by atoms with Gasteiger partial charge in [-0.25, -0.2) is 0 Å². The van der Waals surface area contributed by atoms with Gasteiger partial charge in [-0.15, -0.1) is 0 Å². The molecule has 5 nitrogen and oxygen atoms in total. The fourth-order valence-corrected chi connectivity index (χ4v) is 1.94. The SMILES string of the molecule is CCc1ccc(C(=O)NCCCN2C=NCC2)cn1. The van der Waals surface area contributed by atoms with Gasteiger partial charge in [-0.3, -0.25) is 14.8 Å². The van der Waals surface area contributed by atoms with E-state index < -0.39 is 0 Å². The van der Waals surface area contributed by atoms with E-state index in [1.165, 1.54) is 0 Å². The van der Waals surface area contributed by atoms with E-state index in [9.17, 15) is 4.79 Å². The molecule has 2 rings (SSSR count). The largest absolute Gasteiger partial charge is 0.361 e. The average molecular weight is 260 g/mol. The van der Waals surface area contributed by atoms with E-state index in [0.29, 0.717) is 12.1 Å². The van der Waals surface area contributed by atoms with E-state index in [1.54, 1.807) is 6.20 Å². The molecule has 1 aliphatic heterocycles. The zero-order valence-corrected chi connectivity index (χ0v) is 11.3. The summed E-state index contributed by atoms with van der Waals surface area (Å²) in [7, 11) is 0. The van der Waals surface area contributed by atoms with Gasteiger partial charge in [0.05, 0.1) is 18.4 Å². The first-order valence-electron chi connectivity index (χ1n) is 6.76. The fourth-order valence-electron chi connectivity index (χ4n) is 1.94. The average Bonchev–Trinajstić information content (AvgIpc) is 2.96. The number of hydrogen-bond acceptors (Lipinski definition) is 4. The van der Waals surface area contributed by atoms with Crippen LogP contribution in [0.2, 0.25) is 0 Å². The van der Waals surface area contributed by atoms with Gasteiger partial charge < -0.3 is 10.2 Å². The molecule has 0 unspecified atom stereocenters. The lowest BCUT2D eigenvalue weighted by molar-refractivity contribution is 0.0952. The number of aromatic nitrogens is 1. The summed E-state index contributed by atoms with van der Waals surface area (Å²) in [5.74, 6) is -0.0507. The second-order valence-electron chi connectivity index (χ2n) is 4.56. The highest BCUT2D eigenvalue weighted by Gasteiger charge is 2.07. The Labute approximate surface area is 113 Å². The minimum atomic E-state index is -0.0507. The van der Waals surface area contributed by atoms with Crippen LogP contribution in [0.3, 0.4) is 0 Å². The summed E-state index contributed by atoms with van der Waals surface area (Å²) < 4.78 is 0. The highest BCUT2D eigenvalue weighted by Crippen LogP contribution is 2.01. The molecule has 19 heavy (non-hydrogen) atoms. The molecule has 5 heteroatoms. The summed E-state index contributed by atoms with van der Waals surface area (Å²) in [6.07, 6.45) is 5.34. The number of rotatable bonds is 6. The normalized spacial score (nSPS) is 13.8. The minimum absolute atomic E-state index is 0.0507. The smallest absolute Gasteiger partial charge is 0.252 e. The number of pyridine rings is 1. The monoisotopic (exact) mass is 260 g/mol. The summed E-state index contributed by atoms with van der Waals surface area (Å²) in [6, 6.07) is 3.73. The van der Waals surface area contributed by atoms with Crippen molar-refractivity contribution in [2.24, 2.45) is 4.99 Å². The summed E-state index contributed by atoms with van der Waals surface area (Å²) in [5.41, 5.74) is 1.63. The standard InChI is InChI=1S/C14H20N4O/c1-2-13-5-4-12(10-17-13)14(19)16-6-3-8-18-9-7-15-11-18/h4-5,10-11H,2-3,6-9H2,1H3,(H,16,19). The van der Waals surface area contributed by atoms with Crippen molar-refractivity contribution in [3.63, 3.8) is 0 Å². The Balaban J connectivity index is 1.69. The molecule has 0 aromatic carbocycles. The highest BCUT2D eigenvalue weighted by molar-refractivity contribution is 5.93. The fraction of sp³-hybridized carbons (Fsp3) is 0.500. The topological polar surface area (TPSA) is 57.6 Å². The van der Waals surface area contributed by atoms with E-state index in [0.717, 1.165) is 38.2 Å². The predicted molar refractivity (Wildman–Crippen MR) is 75.5 cm³/mol. The van der Waals surface area contributed by atoms with Crippen molar-refractivity contribution in [3.8, 4) is 0 Å². The van der Waals surface area contributed by atoms with Crippen LogP contribution in [-0.2, 0) is 6.42 Å². The molecule has 102 valence electrons. The van der Waals surface area contributed by atoms with Crippen molar-refractivity contribution in [1.82, 2.24) is 15.2 Å². The Morgan fingerprint density at radius 2 is 2.37 bits per heavy atom. The van der Waals surface area contributed by atoms with Crippen molar-refractivity contribution in [3.05, 3.63) is 29.6 Å². The number of nitrogens with zero attached hydrogens (tertiary/aromatic N) is 3. The molecule has 0 spiro atoms. The Kier molecular flexibility index (Phi) is 4.89. The van der Waals surface area contributed by atoms with Gasteiger partial charge in [0.15, 0.2) is 0 Å². The predicted octanol–water partition coefficient (Wildman–Crippen LogP) is 1.11. The van der Waals surface area contributed by atoms with Crippen molar-refractivity contribution in [1.29, 1.82) is 0 Å². The Bertz CT molecular complexity index is 441. The van der Waals surface area contributed by atoms with Crippen LogP contribution in [0.1, 0.15) is 29.4 Å².